The monoisotopic (exact) mass is 1130 g/mol. The third kappa shape index (κ3) is 7.11. The van der Waals surface area contributed by atoms with Crippen LogP contribution < -0.4 is 9.80 Å². The van der Waals surface area contributed by atoms with Crippen molar-refractivity contribution in [3.63, 3.8) is 0 Å². The first-order valence-corrected chi connectivity index (χ1v) is 30.6. The van der Waals surface area contributed by atoms with E-state index in [1.807, 2.05) is 0 Å². The van der Waals surface area contributed by atoms with Gasteiger partial charge in [-0.05, 0) is 160 Å². The van der Waals surface area contributed by atoms with Gasteiger partial charge < -0.3 is 18.6 Å². The van der Waals surface area contributed by atoms with Crippen LogP contribution in [0.5, 0.6) is 0 Å². The molecule has 2 aliphatic carbocycles. The van der Waals surface area contributed by atoms with Crippen molar-refractivity contribution in [3.8, 4) is 44.5 Å². The first kappa shape index (κ1) is 49.5. The van der Waals surface area contributed by atoms with Crippen molar-refractivity contribution in [2.75, 3.05) is 9.80 Å². The number of hydrogen-bond acceptors (Lipinski definition) is 4. The van der Waals surface area contributed by atoms with E-state index in [2.05, 4.69) is 325 Å². The van der Waals surface area contributed by atoms with Gasteiger partial charge in [-0.15, -0.1) is 0 Å². The smallest absolute Gasteiger partial charge is 0.159 e. The van der Waals surface area contributed by atoms with Crippen LogP contribution in [0.1, 0.15) is 22.3 Å². The summed E-state index contributed by atoms with van der Waals surface area (Å²) < 4.78 is 13.9. The Hall–Kier alpha value is -11.7. The molecule has 0 fully saturated rings. The van der Waals surface area contributed by atoms with Crippen LogP contribution in [-0.4, -0.2) is 0 Å². The maximum Gasteiger partial charge on any atom is 0.159 e. The van der Waals surface area contributed by atoms with Crippen LogP contribution in [0.3, 0.4) is 0 Å². The zero-order valence-corrected chi connectivity index (χ0v) is 48.2. The lowest BCUT2D eigenvalue weighted by atomic mass is 9.68. The molecule has 17 aromatic rings. The fourth-order valence-electron chi connectivity index (χ4n) is 15.5. The molecule has 89 heavy (non-hydrogen) atoms. The Morgan fingerprint density at radius 3 is 1.25 bits per heavy atom. The van der Waals surface area contributed by atoms with E-state index >= 15 is 0 Å². The molecule has 15 aromatic carbocycles. The molecule has 2 aliphatic rings. The molecular formula is C85H52N2O2. The molecule has 19 rings (SSSR count). The van der Waals surface area contributed by atoms with Gasteiger partial charge in [0.15, 0.2) is 11.2 Å². The Balaban J connectivity index is 0.915. The van der Waals surface area contributed by atoms with Crippen LogP contribution in [0.15, 0.2) is 324 Å². The van der Waals surface area contributed by atoms with Crippen LogP contribution in [0, 0.1) is 0 Å². The number of hydrogen-bond donors (Lipinski definition) is 0. The largest absolute Gasteiger partial charge is 0.454 e. The van der Waals surface area contributed by atoms with Gasteiger partial charge in [-0.2, -0.15) is 0 Å². The lowest BCUT2D eigenvalue weighted by Crippen LogP contribution is -2.26. The molecule has 0 bridgehead atoms. The van der Waals surface area contributed by atoms with E-state index < -0.39 is 5.41 Å². The van der Waals surface area contributed by atoms with Gasteiger partial charge >= 0.3 is 0 Å². The summed E-state index contributed by atoms with van der Waals surface area (Å²) >= 11 is 0. The summed E-state index contributed by atoms with van der Waals surface area (Å²) in [4.78, 5) is 4.86. The van der Waals surface area contributed by atoms with Gasteiger partial charge in [0.25, 0.3) is 0 Å². The quantitative estimate of drug-likeness (QED) is 0.142. The molecule has 0 amide bonds. The number of furan rings is 2. The van der Waals surface area contributed by atoms with Gasteiger partial charge in [0.1, 0.15) is 11.2 Å². The Labute approximate surface area is 513 Å². The second-order valence-corrected chi connectivity index (χ2v) is 23.7. The minimum atomic E-state index is -0.729. The fraction of sp³-hybridized carbons (Fsp3) is 0.0118. The van der Waals surface area contributed by atoms with Gasteiger partial charge in [0.05, 0.1) is 22.5 Å². The Bertz CT molecular complexity index is 5700. The molecule has 1 spiro atoms. The second kappa shape index (κ2) is 19.1. The van der Waals surface area contributed by atoms with E-state index in [0.717, 1.165) is 94.5 Å². The molecule has 0 N–H and O–H groups in total. The Kier molecular flexibility index (Phi) is 10.7. The molecule has 4 nitrogen and oxygen atoms in total. The summed E-state index contributed by atoms with van der Waals surface area (Å²) in [5.74, 6) is 0. The second-order valence-electron chi connectivity index (χ2n) is 23.7. The highest BCUT2D eigenvalue weighted by Gasteiger charge is 2.54. The first-order chi connectivity index (χ1) is 44.2. The maximum absolute atomic E-state index is 7.01. The number of para-hydroxylation sites is 4. The number of fused-ring (bicyclic) bond motifs is 23. The van der Waals surface area contributed by atoms with Crippen LogP contribution in [0.25, 0.3) is 121 Å². The summed E-state index contributed by atoms with van der Waals surface area (Å²) in [6.45, 7) is 0. The van der Waals surface area contributed by atoms with Crippen molar-refractivity contribution in [3.05, 3.63) is 338 Å². The third-order valence-corrected chi connectivity index (χ3v) is 19.2. The molecule has 4 heteroatoms. The molecule has 0 saturated heterocycles. The van der Waals surface area contributed by atoms with Crippen molar-refractivity contribution >= 4 is 110 Å². The highest BCUT2D eigenvalue weighted by atomic mass is 16.3. The highest BCUT2D eigenvalue weighted by molar-refractivity contribution is 6.24. The number of anilines is 6. The van der Waals surface area contributed by atoms with Crippen molar-refractivity contribution in [2.45, 2.75) is 5.41 Å². The predicted octanol–water partition coefficient (Wildman–Crippen LogP) is 23.6. The van der Waals surface area contributed by atoms with E-state index in [-0.39, 0.29) is 0 Å². The molecule has 0 aliphatic heterocycles. The van der Waals surface area contributed by atoms with Gasteiger partial charge in [0, 0.05) is 44.0 Å². The van der Waals surface area contributed by atoms with E-state index in [9.17, 15) is 0 Å². The Morgan fingerprint density at radius 1 is 0.236 bits per heavy atom. The third-order valence-electron chi connectivity index (χ3n) is 19.2. The van der Waals surface area contributed by atoms with Gasteiger partial charge in [-0.25, -0.2) is 0 Å². The molecule has 0 atom stereocenters. The number of nitrogens with zero attached hydrogens (tertiary/aromatic N) is 2. The van der Waals surface area contributed by atoms with E-state index in [1.165, 1.54) is 82.6 Å². The first-order valence-electron chi connectivity index (χ1n) is 30.6. The van der Waals surface area contributed by atoms with Crippen LogP contribution in [-0.2, 0) is 5.41 Å². The summed E-state index contributed by atoms with van der Waals surface area (Å²) in [7, 11) is 0. The lowest BCUT2D eigenvalue weighted by molar-refractivity contribution is 0.668. The molecule has 0 unspecified atom stereocenters. The highest BCUT2D eigenvalue weighted by Crippen LogP contribution is 2.68. The molecule has 0 saturated carbocycles. The Morgan fingerprint density at radius 2 is 0.663 bits per heavy atom. The topological polar surface area (TPSA) is 32.8 Å². The standard InChI is InChI=1S/C85H52N2O2/c1-3-21-53(22-4-1)55-41-45-57(46-42-55)86(75-37-19-33-69-64-29-13-17-39-78(64)88-83(69)75)59-49-50-68-71(51-59)60-25-7-9-31-66(60)80-72-52-77(63-28-8-10-32-67(63)81(72)85(82(68)80)73-35-15-11-26-61(73)62-27-12-16-36-74(62)85)87(58-47-43-56(44-48-58)54-23-5-2-6-24-54)76-38-20-34-70-65-30-14-18-40-79(65)89-84(70)76/h1-52H. The number of rotatable bonds is 8. The zero-order valence-electron chi connectivity index (χ0n) is 48.2. The van der Waals surface area contributed by atoms with Crippen LogP contribution in [0.4, 0.5) is 34.1 Å². The summed E-state index contributed by atoms with van der Waals surface area (Å²) in [6, 6.07) is 116. The average Bonchev–Trinajstić information content (AvgIpc) is 1.49. The summed E-state index contributed by atoms with van der Waals surface area (Å²) in [5.41, 5.74) is 23.6. The zero-order chi connectivity index (χ0) is 58.3. The molecule has 2 aromatic heterocycles. The average molecular weight is 1130 g/mol. The minimum Gasteiger partial charge on any atom is -0.454 e. The molecule has 2 heterocycles. The van der Waals surface area contributed by atoms with Crippen LogP contribution in [0.2, 0.25) is 0 Å². The van der Waals surface area contributed by atoms with Gasteiger partial charge in [0.2, 0.25) is 0 Å². The number of benzene rings is 15. The van der Waals surface area contributed by atoms with Crippen LogP contribution >= 0.6 is 0 Å². The minimum absolute atomic E-state index is 0.729. The van der Waals surface area contributed by atoms with Gasteiger partial charge in [-0.3, -0.25) is 0 Å². The van der Waals surface area contributed by atoms with E-state index in [1.54, 1.807) is 0 Å². The van der Waals surface area contributed by atoms with Crippen molar-refractivity contribution in [1.29, 1.82) is 0 Å². The van der Waals surface area contributed by atoms with E-state index in [0.29, 0.717) is 0 Å². The summed E-state index contributed by atoms with van der Waals surface area (Å²) in [5, 5.41) is 11.4. The van der Waals surface area contributed by atoms with E-state index in [4.69, 9.17) is 8.83 Å². The SMILES string of the molecule is c1ccc(-c2ccc(N(c3ccc4c5c(c6ccccc6c4c3)-c3cc(N(c4ccc(-c6ccccc6)cc4)c4cccc6c4oc4ccccc46)c4ccccc4c3C53c4ccccc4-c4ccccc43)c3cccc4c3oc3ccccc34)cc2)cc1. The van der Waals surface area contributed by atoms with Crippen molar-refractivity contribution in [1.82, 2.24) is 0 Å². The van der Waals surface area contributed by atoms with Crippen molar-refractivity contribution in [2.24, 2.45) is 0 Å². The lowest BCUT2D eigenvalue weighted by Gasteiger charge is -2.34. The maximum atomic E-state index is 7.01. The summed E-state index contributed by atoms with van der Waals surface area (Å²) in [6.07, 6.45) is 0. The normalized spacial score (nSPS) is 12.8. The molecule has 0 radical (unpaired) electrons. The molecule has 414 valence electrons. The van der Waals surface area contributed by atoms with Crippen molar-refractivity contribution < 1.29 is 8.83 Å². The fourth-order valence-corrected chi connectivity index (χ4v) is 15.5. The predicted molar refractivity (Wildman–Crippen MR) is 370 cm³/mol. The van der Waals surface area contributed by atoms with Gasteiger partial charge in [-0.1, -0.05) is 249 Å². The molecular weight excluding hydrogens is 1080 g/mol.